The van der Waals surface area contributed by atoms with Crippen molar-refractivity contribution in [2.45, 2.75) is 67.7 Å². The van der Waals surface area contributed by atoms with Crippen LogP contribution in [0.15, 0.2) is 63.1 Å². The Morgan fingerprint density at radius 1 is 1.08 bits per heavy atom. The SMILES string of the molecule is C=C(Cl)/N=C\C(C)=C(/C)C/C=C(F)\C(C)=C(/C)C(CC)(CC)C(=C)C. The van der Waals surface area contributed by atoms with Crippen LogP contribution in [-0.2, 0) is 0 Å². The number of hydrogen-bond acceptors (Lipinski definition) is 1. The van der Waals surface area contributed by atoms with Gasteiger partial charge < -0.3 is 0 Å². The second-order valence-corrected chi connectivity index (χ2v) is 7.11. The largest absolute Gasteiger partial charge is 0.245 e. The quantitative estimate of drug-likeness (QED) is 0.169. The zero-order valence-corrected chi connectivity index (χ0v) is 17.6. The van der Waals surface area contributed by atoms with Crippen molar-refractivity contribution in [3.8, 4) is 0 Å². The molecule has 0 aromatic carbocycles. The molecule has 0 radical (unpaired) electrons. The molecule has 0 aliphatic heterocycles. The molecule has 0 amide bonds. The van der Waals surface area contributed by atoms with Gasteiger partial charge in [0.2, 0.25) is 0 Å². The summed E-state index contributed by atoms with van der Waals surface area (Å²) in [5.41, 5.74) is 4.73. The Kier molecular flexibility index (Phi) is 9.96. The summed E-state index contributed by atoms with van der Waals surface area (Å²) in [5.74, 6) is -0.170. The Morgan fingerprint density at radius 2 is 1.60 bits per heavy atom. The minimum Gasteiger partial charge on any atom is -0.245 e. The lowest BCUT2D eigenvalue weighted by molar-refractivity contribution is 0.393. The number of allylic oxidation sites excluding steroid dienone is 7. The van der Waals surface area contributed by atoms with Crippen molar-refractivity contribution in [3.05, 3.63) is 58.1 Å². The van der Waals surface area contributed by atoms with E-state index in [9.17, 15) is 4.39 Å². The maximum atomic E-state index is 14.7. The normalized spacial score (nSPS) is 15.2. The van der Waals surface area contributed by atoms with E-state index in [1.807, 2.05) is 34.6 Å². The summed E-state index contributed by atoms with van der Waals surface area (Å²) in [4.78, 5) is 3.96. The van der Waals surface area contributed by atoms with E-state index in [1.54, 1.807) is 12.3 Å². The predicted octanol–water partition coefficient (Wildman–Crippen LogP) is 8.07. The summed E-state index contributed by atoms with van der Waals surface area (Å²) >= 11 is 5.63. The van der Waals surface area contributed by atoms with Crippen molar-refractivity contribution in [3.63, 3.8) is 0 Å². The molecule has 0 rings (SSSR count). The fraction of sp³-hybridized carbons (Fsp3) is 0.500. The molecule has 25 heavy (non-hydrogen) atoms. The Hall–Kier alpha value is -1.41. The van der Waals surface area contributed by atoms with Gasteiger partial charge in [0.15, 0.2) is 0 Å². The number of halogens is 2. The van der Waals surface area contributed by atoms with Crippen molar-refractivity contribution in [1.82, 2.24) is 0 Å². The Bertz CT molecular complexity index is 628. The van der Waals surface area contributed by atoms with Crippen molar-refractivity contribution in [2.75, 3.05) is 0 Å². The molecule has 0 heterocycles. The molecule has 0 atom stereocenters. The lowest BCUT2D eigenvalue weighted by Crippen LogP contribution is -2.22. The highest BCUT2D eigenvalue weighted by molar-refractivity contribution is 6.29. The van der Waals surface area contributed by atoms with Crippen molar-refractivity contribution >= 4 is 17.8 Å². The van der Waals surface area contributed by atoms with E-state index in [2.05, 4.69) is 32.0 Å². The third-order valence-corrected chi connectivity index (χ3v) is 5.42. The maximum Gasteiger partial charge on any atom is 0.122 e. The molecule has 0 fully saturated rings. The highest BCUT2D eigenvalue weighted by Gasteiger charge is 2.30. The van der Waals surface area contributed by atoms with Gasteiger partial charge in [0.05, 0.1) is 0 Å². The molecule has 3 heteroatoms. The smallest absolute Gasteiger partial charge is 0.122 e. The van der Waals surface area contributed by atoms with Crippen molar-refractivity contribution in [2.24, 2.45) is 10.4 Å². The molecule has 0 N–H and O–H groups in total. The average molecular weight is 366 g/mol. The monoisotopic (exact) mass is 365 g/mol. The van der Waals surface area contributed by atoms with E-state index in [1.165, 1.54) is 0 Å². The van der Waals surface area contributed by atoms with Crippen LogP contribution in [0.3, 0.4) is 0 Å². The summed E-state index contributed by atoms with van der Waals surface area (Å²) in [7, 11) is 0. The summed E-state index contributed by atoms with van der Waals surface area (Å²) in [6, 6.07) is 0. The third-order valence-electron chi connectivity index (χ3n) is 5.32. The number of rotatable bonds is 9. The minimum atomic E-state index is -0.170. The van der Waals surface area contributed by atoms with Crippen molar-refractivity contribution in [1.29, 1.82) is 0 Å². The van der Waals surface area contributed by atoms with E-state index >= 15 is 0 Å². The van der Waals surface area contributed by atoms with Crippen LogP contribution in [0.2, 0.25) is 0 Å². The molecule has 0 saturated carbocycles. The molecule has 0 aromatic rings. The number of aliphatic imine (C=N–C) groups is 1. The molecule has 0 spiro atoms. The maximum absolute atomic E-state index is 14.7. The van der Waals surface area contributed by atoms with E-state index in [0.29, 0.717) is 12.0 Å². The van der Waals surface area contributed by atoms with Gasteiger partial charge in [0, 0.05) is 11.6 Å². The first-order valence-corrected chi connectivity index (χ1v) is 9.16. The van der Waals surface area contributed by atoms with E-state index in [0.717, 1.165) is 35.1 Å². The number of hydrogen-bond donors (Lipinski definition) is 0. The molecular formula is C22H33ClFN. The standard InChI is InChI=1S/C22H33ClFN/c1-10-22(11-2,15(3)4)19(8)18(7)21(24)13-12-16(5)17(6)14-25-20(9)23/h13-14H,3,9-12H2,1-2,4-8H3/b17-16+,19-18+,21-13+,25-14-. The Morgan fingerprint density at radius 3 is 2.00 bits per heavy atom. The van der Waals surface area contributed by atoms with Crippen LogP contribution in [0.4, 0.5) is 4.39 Å². The molecular weight excluding hydrogens is 333 g/mol. The third kappa shape index (κ3) is 6.43. The van der Waals surface area contributed by atoms with Crippen LogP contribution >= 0.6 is 11.6 Å². The summed E-state index contributed by atoms with van der Waals surface area (Å²) < 4.78 is 14.7. The number of nitrogens with zero attached hydrogens (tertiary/aromatic N) is 1. The Labute approximate surface area is 158 Å². The van der Waals surface area contributed by atoms with Crippen LogP contribution in [0.1, 0.15) is 67.7 Å². The predicted molar refractivity (Wildman–Crippen MR) is 112 cm³/mol. The first kappa shape index (κ1) is 23.6. The summed E-state index contributed by atoms with van der Waals surface area (Å²) in [6.07, 6.45) is 5.67. The van der Waals surface area contributed by atoms with Gasteiger partial charge in [0.1, 0.15) is 11.0 Å². The van der Waals surface area contributed by atoms with Gasteiger partial charge in [-0.3, -0.25) is 0 Å². The lowest BCUT2D eigenvalue weighted by atomic mass is 9.69. The second-order valence-electron chi connectivity index (χ2n) is 6.67. The highest BCUT2D eigenvalue weighted by Crippen LogP contribution is 2.43. The van der Waals surface area contributed by atoms with E-state index < -0.39 is 0 Å². The lowest BCUT2D eigenvalue weighted by Gasteiger charge is -2.35. The molecule has 0 aromatic heterocycles. The molecule has 0 unspecified atom stereocenters. The van der Waals surface area contributed by atoms with Gasteiger partial charge in [-0.25, -0.2) is 9.38 Å². The minimum absolute atomic E-state index is 0.135. The van der Waals surface area contributed by atoms with E-state index in [-0.39, 0.29) is 16.4 Å². The van der Waals surface area contributed by atoms with Gasteiger partial charge in [-0.05, 0) is 71.1 Å². The first-order chi connectivity index (χ1) is 11.5. The van der Waals surface area contributed by atoms with Crippen LogP contribution in [-0.4, -0.2) is 6.21 Å². The van der Waals surface area contributed by atoms with Crippen molar-refractivity contribution < 1.29 is 4.39 Å². The van der Waals surface area contributed by atoms with Crippen LogP contribution in [0.25, 0.3) is 0 Å². The second kappa shape index (κ2) is 10.6. The topological polar surface area (TPSA) is 12.4 Å². The first-order valence-electron chi connectivity index (χ1n) is 8.78. The summed E-state index contributed by atoms with van der Waals surface area (Å²) in [6.45, 7) is 21.7. The Balaban J connectivity index is 5.61. The van der Waals surface area contributed by atoms with Crippen LogP contribution in [0, 0.1) is 5.41 Å². The fourth-order valence-corrected chi connectivity index (χ4v) is 3.12. The molecule has 0 aliphatic carbocycles. The molecule has 0 bridgehead atoms. The zero-order valence-electron chi connectivity index (χ0n) is 16.9. The molecule has 140 valence electrons. The van der Waals surface area contributed by atoms with Gasteiger partial charge in [-0.2, -0.15) is 0 Å². The molecule has 0 aliphatic rings. The van der Waals surface area contributed by atoms with Gasteiger partial charge in [-0.1, -0.05) is 55.3 Å². The van der Waals surface area contributed by atoms with Crippen LogP contribution < -0.4 is 0 Å². The highest BCUT2D eigenvalue weighted by atomic mass is 35.5. The van der Waals surface area contributed by atoms with Gasteiger partial charge >= 0.3 is 0 Å². The average Bonchev–Trinajstić information content (AvgIpc) is 2.57. The van der Waals surface area contributed by atoms with Crippen LogP contribution in [0.5, 0.6) is 0 Å². The van der Waals surface area contributed by atoms with Gasteiger partial charge in [-0.15, -0.1) is 0 Å². The fourth-order valence-electron chi connectivity index (χ4n) is 3.08. The molecule has 0 saturated heterocycles. The zero-order chi connectivity index (χ0) is 19.8. The van der Waals surface area contributed by atoms with Gasteiger partial charge in [0.25, 0.3) is 0 Å². The molecule has 1 nitrogen and oxygen atoms in total. The van der Waals surface area contributed by atoms with E-state index in [4.69, 9.17) is 11.6 Å². The summed E-state index contributed by atoms with van der Waals surface area (Å²) in [5, 5.41) is 0.235.